The van der Waals surface area contributed by atoms with Crippen LogP contribution in [0.15, 0.2) is 36.4 Å². The van der Waals surface area contributed by atoms with Crippen LogP contribution in [0.2, 0.25) is 5.02 Å². The van der Waals surface area contributed by atoms with E-state index >= 15 is 0 Å². The topological polar surface area (TPSA) is 26.0 Å². The van der Waals surface area contributed by atoms with Crippen molar-refractivity contribution in [1.29, 1.82) is 0 Å². The predicted octanol–water partition coefficient (Wildman–Crippen LogP) is 4.51. The summed E-state index contributed by atoms with van der Waals surface area (Å²) in [5.74, 6) is -0.402. The van der Waals surface area contributed by atoms with Crippen molar-refractivity contribution in [2.45, 2.75) is 32.7 Å². The Morgan fingerprint density at radius 2 is 1.85 bits per heavy atom. The quantitative estimate of drug-likeness (QED) is 0.884. The van der Waals surface area contributed by atoms with Crippen molar-refractivity contribution in [1.82, 2.24) is 0 Å². The monoisotopic (exact) mass is 291 g/mol. The molecule has 20 heavy (non-hydrogen) atoms. The predicted molar refractivity (Wildman–Crippen MR) is 82.6 cm³/mol. The molecule has 0 fully saturated rings. The van der Waals surface area contributed by atoms with Crippen LogP contribution in [0.5, 0.6) is 0 Å². The van der Waals surface area contributed by atoms with Gasteiger partial charge in [0.15, 0.2) is 0 Å². The van der Waals surface area contributed by atoms with Gasteiger partial charge in [-0.1, -0.05) is 41.4 Å². The Kier molecular flexibility index (Phi) is 4.17. The minimum Gasteiger partial charge on any atom is -0.321 e. The van der Waals surface area contributed by atoms with E-state index in [0.29, 0.717) is 6.42 Å². The highest BCUT2D eigenvalue weighted by molar-refractivity contribution is 6.30. The van der Waals surface area contributed by atoms with Gasteiger partial charge in [0.05, 0.1) is 5.02 Å². The van der Waals surface area contributed by atoms with Crippen molar-refractivity contribution in [3.63, 3.8) is 0 Å². The second-order valence-corrected chi connectivity index (χ2v) is 6.07. The number of hydrogen-bond donors (Lipinski definition) is 1. The maximum atomic E-state index is 13.2. The van der Waals surface area contributed by atoms with Gasteiger partial charge >= 0.3 is 0 Å². The van der Waals surface area contributed by atoms with E-state index in [1.807, 2.05) is 13.8 Å². The molecule has 0 aliphatic rings. The molecular formula is C17H19ClFN. The fourth-order valence-electron chi connectivity index (χ4n) is 2.52. The Bertz CT molecular complexity index is 635. The minimum atomic E-state index is -0.517. The zero-order valence-electron chi connectivity index (χ0n) is 12.0. The maximum absolute atomic E-state index is 13.2. The highest BCUT2D eigenvalue weighted by Gasteiger charge is 2.24. The van der Waals surface area contributed by atoms with Crippen LogP contribution in [0.1, 0.15) is 29.2 Å². The van der Waals surface area contributed by atoms with E-state index in [2.05, 4.69) is 25.1 Å². The second kappa shape index (κ2) is 5.55. The molecule has 1 nitrogen and oxygen atoms in total. The summed E-state index contributed by atoms with van der Waals surface area (Å²) in [5.41, 5.74) is 10.4. The molecule has 0 saturated heterocycles. The molecule has 0 saturated carbocycles. The van der Waals surface area contributed by atoms with Gasteiger partial charge in [-0.05, 0) is 56.0 Å². The Morgan fingerprint density at radius 1 is 1.15 bits per heavy atom. The molecule has 0 heterocycles. The number of nitrogens with two attached hydrogens (primary N) is 1. The summed E-state index contributed by atoms with van der Waals surface area (Å²) < 4.78 is 13.2. The third-order valence-electron chi connectivity index (χ3n) is 3.56. The lowest BCUT2D eigenvalue weighted by molar-refractivity contribution is 0.487. The van der Waals surface area contributed by atoms with Gasteiger partial charge in [-0.25, -0.2) is 4.39 Å². The third kappa shape index (κ3) is 3.20. The molecule has 0 radical (unpaired) electrons. The van der Waals surface area contributed by atoms with Crippen LogP contribution in [-0.2, 0) is 12.0 Å². The highest BCUT2D eigenvalue weighted by atomic mass is 35.5. The molecule has 2 rings (SSSR count). The first-order valence-electron chi connectivity index (χ1n) is 6.60. The molecule has 0 spiro atoms. The molecule has 1 atom stereocenters. The van der Waals surface area contributed by atoms with E-state index < -0.39 is 11.4 Å². The summed E-state index contributed by atoms with van der Waals surface area (Å²) in [5, 5.41) is 0.138. The fourth-order valence-corrected chi connectivity index (χ4v) is 2.72. The van der Waals surface area contributed by atoms with E-state index in [1.54, 1.807) is 12.1 Å². The van der Waals surface area contributed by atoms with Gasteiger partial charge in [-0.2, -0.15) is 0 Å². The zero-order valence-corrected chi connectivity index (χ0v) is 12.8. The molecule has 0 aliphatic heterocycles. The molecular weight excluding hydrogens is 273 g/mol. The van der Waals surface area contributed by atoms with Gasteiger partial charge in [-0.15, -0.1) is 0 Å². The van der Waals surface area contributed by atoms with Crippen LogP contribution in [0, 0.1) is 19.7 Å². The van der Waals surface area contributed by atoms with Crippen molar-refractivity contribution >= 4 is 11.6 Å². The van der Waals surface area contributed by atoms with Crippen LogP contribution >= 0.6 is 11.6 Å². The zero-order chi connectivity index (χ0) is 14.9. The lowest BCUT2D eigenvalue weighted by Gasteiger charge is -2.28. The van der Waals surface area contributed by atoms with Gasteiger partial charge in [0.25, 0.3) is 0 Å². The Hall–Kier alpha value is -1.38. The molecule has 2 N–H and O–H groups in total. The SMILES string of the molecule is Cc1ccc(C)c(C(C)(N)Cc2ccc(F)c(Cl)c2)c1. The minimum absolute atomic E-state index is 0.138. The number of rotatable bonds is 3. The van der Waals surface area contributed by atoms with Crippen molar-refractivity contribution in [2.24, 2.45) is 5.73 Å². The first-order valence-corrected chi connectivity index (χ1v) is 6.98. The number of halogens is 2. The molecule has 0 aliphatic carbocycles. The Balaban J connectivity index is 2.34. The average Bonchev–Trinajstić information content (AvgIpc) is 2.36. The smallest absolute Gasteiger partial charge is 0.141 e. The molecule has 2 aromatic carbocycles. The summed E-state index contributed by atoms with van der Waals surface area (Å²) in [6.45, 7) is 6.09. The van der Waals surface area contributed by atoms with E-state index in [-0.39, 0.29) is 5.02 Å². The standard InChI is InChI=1S/C17H19ClFN/c1-11-4-5-12(2)14(8-11)17(3,20)10-13-6-7-16(19)15(18)9-13/h4-9H,10,20H2,1-3H3. The lowest BCUT2D eigenvalue weighted by atomic mass is 9.83. The summed E-state index contributed by atoms with van der Waals surface area (Å²) in [6, 6.07) is 11.0. The number of benzene rings is 2. The van der Waals surface area contributed by atoms with Gasteiger partial charge < -0.3 is 5.73 Å². The van der Waals surface area contributed by atoms with E-state index in [1.165, 1.54) is 11.6 Å². The molecule has 0 bridgehead atoms. The van der Waals surface area contributed by atoms with Crippen molar-refractivity contribution in [3.8, 4) is 0 Å². The Morgan fingerprint density at radius 3 is 2.50 bits per heavy atom. The third-order valence-corrected chi connectivity index (χ3v) is 3.85. The van der Waals surface area contributed by atoms with Gasteiger partial charge in [0, 0.05) is 5.54 Å². The highest BCUT2D eigenvalue weighted by Crippen LogP contribution is 2.28. The molecule has 3 heteroatoms. The van der Waals surface area contributed by atoms with Crippen LogP contribution in [-0.4, -0.2) is 0 Å². The largest absolute Gasteiger partial charge is 0.321 e. The number of aryl methyl sites for hydroxylation is 2. The Labute approximate surface area is 124 Å². The van der Waals surface area contributed by atoms with E-state index in [0.717, 1.165) is 16.7 Å². The first-order chi connectivity index (χ1) is 9.29. The normalized spacial score (nSPS) is 14.1. The lowest BCUT2D eigenvalue weighted by Crippen LogP contribution is -2.36. The summed E-state index contributed by atoms with van der Waals surface area (Å²) >= 11 is 5.83. The molecule has 0 aromatic heterocycles. The van der Waals surface area contributed by atoms with Gasteiger partial charge in [-0.3, -0.25) is 0 Å². The van der Waals surface area contributed by atoms with Gasteiger partial charge in [0.2, 0.25) is 0 Å². The van der Waals surface area contributed by atoms with Crippen LogP contribution in [0.3, 0.4) is 0 Å². The van der Waals surface area contributed by atoms with Gasteiger partial charge in [0.1, 0.15) is 5.82 Å². The maximum Gasteiger partial charge on any atom is 0.141 e. The second-order valence-electron chi connectivity index (χ2n) is 5.66. The summed E-state index contributed by atoms with van der Waals surface area (Å²) in [7, 11) is 0. The molecule has 106 valence electrons. The van der Waals surface area contributed by atoms with Crippen molar-refractivity contribution in [3.05, 3.63) is 69.5 Å². The first kappa shape index (κ1) is 15.0. The van der Waals surface area contributed by atoms with Crippen molar-refractivity contribution < 1.29 is 4.39 Å². The fraction of sp³-hybridized carbons (Fsp3) is 0.294. The van der Waals surface area contributed by atoms with Crippen LogP contribution in [0.4, 0.5) is 4.39 Å². The van der Waals surface area contributed by atoms with Crippen LogP contribution < -0.4 is 5.73 Å². The van der Waals surface area contributed by atoms with E-state index in [9.17, 15) is 4.39 Å². The number of hydrogen-bond acceptors (Lipinski definition) is 1. The average molecular weight is 292 g/mol. The van der Waals surface area contributed by atoms with E-state index in [4.69, 9.17) is 17.3 Å². The summed E-state index contributed by atoms with van der Waals surface area (Å²) in [6.07, 6.45) is 0.608. The molecule has 2 aromatic rings. The summed E-state index contributed by atoms with van der Waals surface area (Å²) in [4.78, 5) is 0. The van der Waals surface area contributed by atoms with Crippen LogP contribution in [0.25, 0.3) is 0 Å². The van der Waals surface area contributed by atoms with Crippen molar-refractivity contribution in [2.75, 3.05) is 0 Å². The molecule has 1 unspecified atom stereocenters. The molecule has 0 amide bonds.